The number of aryl methyl sites for hydroxylation is 1. The number of aliphatic carboxylic acids is 1. The molecule has 126 valence electrons. The molecule has 0 aliphatic rings. The number of carbonyl (C=O) groups is 2. The first-order valence-electron chi connectivity index (χ1n) is 7.79. The largest absolute Gasteiger partial charge is 0.481 e. The van der Waals surface area contributed by atoms with Gasteiger partial charge >= 0.3 is 5.97 Å². The fourth-order valence-corrected chi connectivity index (χ4v) is 2.80. The van der Waals surface area contributed by atoms with Crippen molar-refractivity contribution in [3.05, 3.63) is 65.2 Å². The molecule has 0 bridgehead atoms. The Balaban J connectivity index is 2.17. The van der Waals surface area contributed by atoms with Crippen molar-refractivity contribution in [1.82, 2.24) is 5.32 Å². The lowest BCUT2D eigenvalue weighted by atomic mass is 10.0. The minimum absolute atomic E-state index is 0.155. The third-order valence-corrected chi connectivity index (χ3v) is 4.57. The molecule has 0 aliphatic heterocycles. The van der Waals surface area contributed by atoms with Crippen LogP contribution in [0.2, 0.25) is 0 Å². The molecule has 2 aromatic rings. The van der Waals surface area contributed by atoms with Crippen molar-refractivity contribution in [3.8, 4) is 0 Å². The second-order valence-electron chi connectivity index (χ2n) is 5.45. The molecule has 0 saturated carbocycles. The highest BCUT2D eigenvalue weighted by molar-refractivity contribution is 7.98. The Morgan fingerprint density at radius 2 is 1.71 bits per heavy atom. The molecule has 5 heteroatoms. The zero-order valence-electron chi connectivity index (χ0n) is 13.8. The molecule has 0 saturated heterocycles. The number of carbonyl (C=O) groups excluding carboxylic acids is 1. The number of hydrogen-bond acceptors (Lipinski definition) is 3. The van der Waals surface area contributed by atoms with E-state index in [-0.39, 0.29) is 12.3 Å². The first kappa shape index (κ1) is 18.1. The first-order chi connectivity index (χ1) is 11.5. The van der Waals surface area contributed by atoms with Crippen LogP contribution in [0.5, 0.6) is 0 Å². The Labute approximate surface area is 146 Å². The van der Waals surface area contributed by atoms with Crippen LogP contribution in [0, 0.1) is 0 Å². The van der Waals surface area contributed by atoms with Crippen LogP contribution in [0.15, 0.2) is 53.4 Å². The average Bonchev–Trinajstić information content (AvgIpc) is 2.61. The number of rotatable bonds is 7. The fourth-order valence-electron chi connectivity index (χ4n) is 2.40. The Bertz CT molecular complexity index is 696. The number of amides is 1. The number of thioether (sulfide) groups is 1. The smallest absolute Gasteiger partial charge is 0.305 e. The van der Waals surface area contributed by atoms with Gasteiger partial charge in [-0.05, 0) is 48.1 Å². The van der Waals surface area contributed by atoms with Gasteiger partial charge in [-0.3, -0.25) is 9.59 Å². The lowest BCUT2D eigenvalue weighted by molar-refractivity contribution is -0.137. The van der Waals surface area contributed by atoms with Gasteiger partial charge in [-0.25, -0.2) is 0 Å². The van der Waals surface area contributed by atoms with E-state index < -0.39 is 12.0 Å². The number of carboxylic acids is 1. The number of carboxylic acid groups (broad SMARTS) is 1. The van der Waals surface area contributed by atoms with Crippen molar-refractivity contribution >= 4 is 23.6 Å². The molecule has 0 heterocycles. The predicted octanol–water partition coefficient (Wildman–Crippen LogP) is 3.92. The molecular formula is C19H21NO3S. The maximum absolute atomic E-state index is 12.4. The van der Waals surface area contributed by atoms with Crippen LogP contribution in [-0.4, -0.2) is 23.2 Å². The molecule has 0 spiro atoms. The molecule has 2 rings (SSSR count). The summed E-state index contributed by atoms with van der Waals surface area (Å²) in [6, 6.07) is 14.4. The van der Waals surface area contributed by atoms with Crippen LogP contribution < -0.4 is 5.32 Å². The molecule has 2 aromatic carbocycles. The van der Waals surface area contributed by atoms with Gasteiger partial charge in [0.1, 0.15) is 0 Å². The monoisotopic (exact) mass is 343 g/mol. The molecule has 1 atom stereocenters. The second kappa shape index (κ2) is 8.55. The highest BCUT2D eigenvalue weighted by Gasteiger charge is 2.19. The van der Waals surface area contributed by atoms with Gasteiger partial charge in [-0.1, -0.05) is 31.2 Å². The fraction of sp³-hybridized carbons (Fsp3) is 0.263. The van der Waals surface area contributed by atoms with Crippen LogP contribution in [-0.2, 0) is 11.2 Å². The lowest BCUT2D eigenvalue weighted by Gasteiger charge is -2.18. The molecule has 0 aliphatic carbocycles. The van der Waals surface area contributed by atoms with Crippen LogP contribution in [0.1, 0.15) is 40.9 Å². The van der Waals surface area contributed by atoms with Gasteiger partial charge < -0.3 is 10.4 Å². The Morgan fingerprint density at radius 3 is 2.21 bits per heavy atom. The van der Waals surface area contributed by atoms with E-state index in [0.29, 0.717) is 5.56 Å². The van der Waals surface area contributed by atoms with E-state index in [9.17, 15) is 9.59 Å². The molecule has 2 N–H and O–H groups in total. The van der Waals surface area contributed by atoms with E-state index in [1.807, 2.05) is 42.7 Å². The van der Waals surface area contributed by atoms with E-state index in [4.69, 9.17) is 5.11 Å². The van der Waals surface area contributed by atoms with Crippen LogP contribution >= 0.6 is 11.8 Å². The molecule has 0 fully saturated rings. The predicted molar refractivity (Wildman–Crippen MR) is 96.5 cm³/mol. The van der Waals surface area contributed by atoms with Gasteiger partial charge in [-0.15, -0.1) is 11.8 Å². The standard InChI is InChI=1S/C19H21NO3S/c1-3-13-4-6-15(7-5-13)19(23)20-17(12-18(21)22)14-8-10-16(24-2)11-9-14/h4-11,17H,3,12H2,1-2H3,(H,20,23)(H,21,22). The molecule has 1 unspecified atom stereocenters. The van der Waals surface area contributed by atoms with Gasteiger partial charge in [0.15, 0.2) is 0 Å². The number of benzene rings is 2. The van der Waals surface area contributed by atoms with E-state index in [2.05, 4.69) is 12.2 Å². The molecule has 1 amide bonds. The van der Waals surface area contributed by atoms with Gasteiger partial charge in [0, 0.05) is 10.5 Å². The summed E-state index contributed by atoms with van der Waals surface area (Å²) in [5.41, 5.74) is 2.47. The van der Waals surface area contributed by atoms with E-state index in [0.717, 1.165) is 22.4 Å². The van der Waals surface area contributed by atoms with Gasteiger partial charge in [0.2, 0.25) is 0 Å². The van der Waals surface area contributed by atoms with Crippen LogP contribution in [0.25, 0.3) is 0 Å². The Kier molecular flexibility index (Phi) is 6.44. The van der Waals surface area contributed by atoms with Crippen LogP contribution in [0.3, 0.4) is 0 Å². The van der Waals surface area contributed by atoms with Crippen molar-refractivity contribution in [2.24, 2.45) is 0 Å². The molecule has 4 nitrogen and oxygen atoms in total. The van der Waals surface area contributed by atoms with E-state index in [1.54, 1.807) is 23.9 Å². The SMILES string of the molecule is CCc1ccc(C(=O)NC(CC(=O)O)c2ccc(SC)cc2)cc1. The van der Waals surface area contributed by atoms with Gasteiger partial charge in [-0.2, -0.15) is 0 Å². The summed E-state index contributed by atoms with van der Waals surface area (Å²) in [5.74, 6) is -1.21. The summed E-state index contributed by atoms with van der Waals surface area (Å²) in [6.45, 7) is 2.05. The number of nitrogens with one attached hydrogen (secondary N) is 1. The van der Waals surface area contributed by atoms with E-state index >= 15 is 0 Å². The summed E-state index contributed by atoms with van der Waals surface area (Å²) in [6.07, 6.45) is 2.73. The maximum Gasteiger partial charge on any atom is 0.305 e. The molecule has 0 aromatic heterocycles. The van der Waals surface area contributed by atoms with Crippen molar-refractivity contribution in [2.75, 3.05) is 6.26 Å². The summed E-state index contributed by atoms with van der Waals surface area (Å²) in [7, 11) is 0. The second-order valence-corrected chi connectivity index (χ2v) is 6.33. The zero-order valence-corrected chi connectivity index (χ0v) is 14.6. The van der Waals surface area contributed by atoms with E-state index in [1.165, 1.54) is 0 Å². The van der Waals surface area contributed by atoms with Crippen molar-refractivity contribution in [3.63, 3.8) is 0 Å². The summed E-state index contributed by atoms with van der Waals surface area (Å²) in [5, 5.41) is 12.0. The quantitative estimate of drug-likeness (QED) is 0.748. The highest BCUT2D eigenvalue weighted by Crippen LogP contribution is 2.22. The minimum atomic E-state index is -0.949. The van der Waals surface area contributed by atoms with Gasteiger partial charge in [0.25, 0.3) is 5.91 Å². The summed E-state index contributed by atoms with van der Waals surface area (Å²) >= 11 is 1.61. The maximum atomic E-state index is 12.4. The van der Waals surface area contributed by atoms with Crippen LogP contribution in [0.4, 0.5) is 0 Å². The summed E-state index contributed by atoms with van der Waals surface area (Å²) < 4.78 is 0. The Morgan fingerprint density at radius 1 is 1.08 bits per heavy atom. The topological polar surface area (TPSA) is 66.4 Å². The molecule has 0 radical (unpaired) electrons. The number of hydrogen-bond donors (Lipinski definition) is 2. The van der Waals surface area contributed by atoms with Crippen molar-refractivity contribution in [1.29, 1.82) is 0 Å². The zero-order chi connectivity index (χ0) is 17.5. The summed E-state index contributed by atoms with van der Waals surface area (Å²) in [4.78, 5) is 24.7. The highest BCUT2D eigenvalue weighted by atomic mass is 32.2. The Hall–Kier alpha value is -2.27. The lowest BCUT2D eigenvalue weighted by Crippen LogP contribution is -2.30. The van der Waals surface area contributed by atoms with Crippen molar-refractivity contribution < 1.29 is 14.7 Å². The minimum Gasteiger partial charge on any atom is -0.481 e. The normalized spacial score (nSPS) is 11.8. The van der Waals surface area contributed by atoms with Gasteiger partial charge in [0.05, 0.1) is 12.5 Å². The third-order valence-electron chi connectivity index (χ3n) is 3.83. The molecule has 24 heavy (non-hydrogen) atoms. The first-order valence-corrected chi connectivity index (χ1v) is 9.01. The molecular weight excluding hydrogens is 322 g/mol. The average molecular weight is 343 g/mol. The van der Waals surface area contributed by atoms with Crippen molar-refractivity contribution in [2.45, 2.75) is 30.7 Å². The third kappa shape index (κ3) is 4.86.